The maximum atomic E-state index is 13.6. The van der Waals surface area contributed by atoms with Crippen LogP contribution in [-0.4, -0.2) is 27.9 Å². The van der Waals surface area contributed by atoms with E-state index in [1.807, 2.05) is 45.0 Å². The first-order chi connectivity index (χ1) is 14.8. The molecule has 2 aromatic rings. The Balaban J connectivity index is 2.06. The summed E-state index contributed by atoms with van der Waals surface area (Å²) in [5.74, 6) is -3.07. The second-order valence-corrected chi connectivity index (χ2v) is 10.0. The molecule has 2 amide bonds. The molecule has 0 radical (unpaired) electrons. The van der Waals surface area contributed by atoms with E-state index < -0.39 is 5.92 Å². The Bertz CT molecular complexity index is 931. The first kappa shape index (κ1) is 26.0. The van der Waals surface area contributed by atoms with E-state index in [9.17, 15) is 13.6 Å². The summed E-state index contributed by atoms with van der Waals surface area (Å²) in [6, 6.07) is 8.93. The fourth-order valence-corrected chi connectivity index (χ4v) is 3.83. The Hall–Kier alpha value is -2.22. The average molecular weight is 511 g/mol. The minimum atomic E-state index is -2.98. The van der Waals surface area contributed by atoms with E-state index in [2.05, 4.69) is 32.9 Å². The van der Waals surface area contributed by atoms with Crippen LogP contribution in [0.2, 0.25) is 0 Å². The zero-order valence-corrected chi connectivity index (χ0v) is 21.0. The number of nitrogens with zero attached hydrogens (tertiary/aromatic N) is 3. The first-order valence-electron chi connectivity index (χ1n) is 10.7. The molecule has 0 spiro atoms. The molecule has 176 valence electrons. The topological polar surface area (TPSA) is 50.2 Å². The second-order valence-electron chi connectivity index (χ2n) is 9.12. The van der Waals surface area contributed by atoms with E-state index in [4.69, 9.17) is 0 Å². The van der Waals surface area contributed by atoms with Crippen molar-refractivity contribution in [2.24, 2.45) is 7.05 Å². The van der Waals surface area contributed by atoms with Crippen molar-refractivity contribution in [3.8, 4) is 0 Å². The standard InChI is InChI=1S/C24H33BrF2N4O/c1-7-17(20-16-21(24(5,26)27)29-30(20)6)11-8-9-14-31(22(32)28-23(2,3)4)19-13-10-12-18(25)15-19/h7,10,12-13,15-17H,1,8-9,11,14H2,2-6H3,(H,28,32). The van der Waals surface area contributed by atoms with Gasteiger partial charge in [-0.25, -0.2) is 4.79 Å². The summed E-state index contributed by atoms with van der Waals surface area (Å²) in [5.41, 5.74) is 0.934. The molecule has 0 saturated carbocycles. The lowest BCUT2D eigenvalue weighted by Crippen LogP contribution is -2.49. The number of aromatic nitrogens is 2. The van der Waals surface area contributed by atoms with Crippen molar-refractivity contribution in [1.82, 2.24) is 15.1 Å². The van der Waals surface area contributed by atoms with Gasteiger partial charge in [0.1, 0.15) is 5.69 Å². The van der Waals surface area contributed by atoms with Gasteiger partial charge in [-0.1, -0.05) is 34.5 Å². The van der Waals surface area contributed by atoms with Crippen molar-refractivity contribution < 1.29 is 13.6 Å². The van der Waals surface area contributed by atoms with Crippen LogP contribution >= 0.6 is 15.9 Å². The molecule has 0 bridgehead atoms. The molecule has 1 atom stereocenters. The number of hydrogen-bond donors (Lipinski definition) is 1. The molecule has 8 heteroatoms. The van der Waals surface area contributed by atoms with Crippen molar-refractivity contribution in [2.45, 2.75) is 64.3 Å². The number of carbonyl (C=O) groups excluding carboxylic acids is 1. The quantitative estimate of drug-likeness (QED) is 0.299. The molecule has 1 heterocycles. The summed E-state index contributed by atoms with van der Waals surface area (Å²) in [6.07, 6.45) is 4.05. The van der Waals surface area contributed by atoms with Gasteiger partial charge in [0, 0.05) is 47.8 Å². The summed E-state index contributed by atoms with van der Waals surface area (Å²) in [6.45, 7) is 11.1. The Kier molecular flexibility index (Phi) is 8.62. The molecule has 1 unspecified atom stereocenters. The molecule has 0 aliphatic heterocycles. The van der Waals surface area contributed by atoms with E-state index in [0.29, 0.717) is 12.2 Å². The highest BCUT2D eigenvalue weighted by Gasteiger charge is 2.29. The number of allylic oxidation sites excluding steroid dienone is 1. The van der Waals surface area contributed by atoms with Crippen LogP contribution in [0.5, 0.6) is 0 Å². The molecule has 1 aromatic carbocycles. The predicted octanol–water partition coefficient (Wildman–Crippen LogP) is 6.75. The van der Waals surface area contributed by atoms with Crippen molar-refractivity contribution in [1.29, 1.82) is 0 Å². The van der Waals surface area contributed by atoms with Crippen LogP contribution in [0.1, 0.15) is 64.3 Å². The number of hydrogen-bond acceptors (Lipinski definition) is 2. The van der Waals surface area contributed by atoms with Gasteiger partial charge in [-0.05, 0) is 57.9 Å². The minimum Gasteiger partial charge on any atom is -0.333 e. The molecule has 5 nitrogen and oxygen atoms in total. The van der Waals surface area contributed by atoms with Crippen LogP contribution < -0.4 is 10.2 Å². The highest BCUT2D eigenvalue weighted by Crippen LogP contribution is 2.30. The van der Waals surface area contributed by atoms with Crippen LogP contribution in [0.4, 0.5) is 19.3 Å². The van der Waals surface area contributed by atoms with Crippen LogP contribution in [0.25, 0.3) is 0 Å². The Morgan fingerprint density at radius 2 is 1.97 bits per heavy atom. The lowest BCUT2D eigenvalue weighted by atomic mass is 9.97. The fraction of sp³-hybridized carbons (Fsp3) is 0.500. The third kappa shape index (κ3) is 7.43. The van der Waals surface area contributed by atoms with Gasteiger partial charge in [-0.2, -0.15) is 13.9 Å². The number of carbonyl (C=O) groups is 1. The number of alkyl halides is 2. The van der Waals surface area contributed by atoms with Crippen LogP contribution in [-0.2, 0) is 13.0 Å². The summed E-state index contributed by atoms with van der Waals surface area (Å²) in [4.78, 5) is 14.7. The molecular weight excluding hydrogens is 478 g/mol. The van der Waals surface area contributed by atoms with Crippen molar-refractivity contribution in [3.63, 3.8) is 0 Å². The molecule has 0 aliphatic carbocycles. The summed E-state index contributed by atoms with van der Waals surface area (Å²) < 4.78 is 29.7. The van der Waals surface area contributed by atoms with Gasteiger partial charge in [0.05, 0.1) is 0 Å². The molecule has 0 saturated heterocycles. The number of amides is 2. The van der Waals surface area contributed by atoms with Gasteiger partial charge in [0.15, 0.2) is 0 Å². The SMILES string of the molecule is C=CC(CCCCN(C(=O)NC(C)(C)C)c1cccc(Br)c1)c1cc(C(C)(F)F)nn1C. The zero-order valence-electron chi connectivity index (χ0n) is 19.5. The Labute approximate surface area is 198 Å². The van der Waals surface area contributed by atoms with Gasteiger partial charge < -0.3 is 5.32 Å². The maximum Gasteiger partial charge on any atom is 0.322 e. The third-order valence-electron chi connectivity index (χ3n) is 5.02. The van der Waals surface area contributed by atoms with E-state index in [1.54, 1.807) is 18.0 Å². The molecule has 1 N–H and O–H groups in total. The number of nitrogens with one attached hydrogen (secondary N) is 1. The molecule has 2 rings (SSSR count). The van der Waals surface area contributed by atoms with Crippen molar-refractivity contribution in [3.05, 3.63) is 58.8 Å². The van der Waals surface area contributed by atoms with E-state index in [1.165, 1.54) is 10.7 Å². The monoisotopic (exact) mass is 510 g/mol. The Morgan fingerprint density at radius 1 is 1.28 bits per heavy atom. The molecular formula is C24H33BrF2N4O. The molecule has 0 aliphatic rings. The number of halogens is 3. The highest BCUT2D eigenvalue weighted by molar-refractivity contribution is 9.10. The summed E-state index contributed by atoms with van der Waals surface area (Å²) >= 11 is 3.47. The molecule has 32 heavy (non-hydrogen) atoms. The zero-order chi connectivity index (χ0) is 24.1. The van der Waals surface area contributed by atoms with Crippen molar-refractivity contribution in [2.75, 3.05) is 11.4 Å². The smallest absolute Gasteiger partial charge is 0.322 e. The average Bonchev–Trinajstić information content (AvgIpc) is 3.05. The number of anilines is 1. The van der Waals surface area contributed by atoms with Crippen LogP contribution in [0.3, 0.4) is 0 Å². The van der Waals surface area contributed by atoms with Crippen molar-refractivity contribution >= 4 is 27.6 Å². The Morgan fingerprint density at radius 3 is 2.50 bits per heavy atom. The number of urea groups is 1. The van der Waals surface area contributed by atoms with E-state index in [0.717, 1.165) is 36.3 Å². The largest absolute Gasteiger partial charge is 0.333 e. The molecule has 1 aromatic heterocycles. The van der Waals surface area contributed by atoms with E-state index >= 15 is 0 Å². The lowest BCUT2D eigenvalue weighted by molar-refractivity contribution is 0.0122. The number of benzene rings is 1. The van der Waals surface area contributed by atoms with Gasteiger partial charge in [-0.3, -0.25) is 9.58 Å². The van der Waals surface area contributed by atoms with E-state index in [-0.39, 0.29) is 23.2 Å². The summed E-state index contributed by atoms with van der Waals surface area (Å²) in [5, 5.41) is 6.99. The summed E-state index contributed by atoms with van der Waals surface area (Å²) in [7, 11) is 1.67. The highest BCUT2D eigenvalue weighted by atomic mass is 79.9. The molecule has 0 fully saturated rings. The second kappa shape index (κ2) is 10.6. The van der Waals surface area contributed by atoms with Gasteiger partial charge in [0.2, 0.25) is 0 Å². The fourth-order valence-electron chi connectivity index (χ4n) is 3.44. The van der Waals surface area contributed by atoms with Crippen LogP contribution in [0.15, 0.2) is 47.5 Å². The van der Waals surface area contributed by atoms with Gasteiger partial charge in [0.25, 0.3) is 5.92 Å². The lowest BCUT2D eigenvalue weighted by Gasteiger charge is -2.29. The number of unbranched alkanes of at least 4 members (excludes halogenated alkanes) is 1. The number of rotatable bonds is 9. The predicted molar refractivity (Wildman–Crippen MR) is 129 cm³/mol. The van der Waals surface area contributed by atoms with Gasteiger partial charge in [-0.15, -0.1) is 6.58 Å². The van der Waals surface area contributed by atoms with Crippen LogP contribution in [0, 0.1) is 0 Å². The minimum absolute atomic E-state index is 0.0914. The maximum absolute atomic E-state index is 13.6. The first-order valence-corrected chi connectivity index (χ1v) is 11.5. The normalized spacial score (nSPS) is 13.0. The number of aryl methyl sites for hydroxylation is 1. The third-order valence-corrected chi connectivity index (χ3v) is 5.52. The van der Waals surface area contributed by atoms with Gasteiger partial charge >= 0.3 is 6.03 Å².